The van der Waals surface area contributed by atoms with Gasteiger partial charge in [-0.1, -0.05) is 19.9 Å². The maximum absolute atomic E-state index is 12.6. The Morgan fingerprint density at radius 3 is 2.43 bits per heavy atom. The Morgan fingerprint density at radius 2 is 1.78 bits per heavy atom. The molecule has 0 unspecified atom stereocenters. The number of hydrogen-bond acceptors (Lipinski definition) is 3. The molecule has 6 heteroatoms. The Morgan fingerprint density at radius 1 is 1.09 bits per heavy atom. The van der Waals surface area contributed by atoms with Crippen LogP contribution in [0.15, 0.2) is 24.3 Å². The smallest absolute Gasteiger partial charge is 0.385 e. The third kappa shape index (κ3) is 8.51. The van der Waals surface area contributed by atoms with Crippen molar-refractivity contribution in [3.8, 4) is 0 Å². The largest absolute Gasteiger partial charge is 0.416 e. The first-order chi connectivity index (χ1) is 11.0. The van der Waals surface area contributed by atoms with Crippen LogP contribution in [0.4, 0.5) is 18.9 Å². The number of benzene rings is 1. The van der Waals surface area contributed by atoms with Gasteiger partial charge >= 0.3 is 6.18 Å². The summed E-state index contributed by atoms with van der Waals surface area (Å²) in [7, 11) is 0. The molecule has 1 aromatic carbocycles. The van der Waals surface area contributed by atoms with Crippen LogP contribution in [0.25, 0.3) is 0 Å². The third-order valence-corrected chi connectivity index (χ3v) is 4.80. The summed E-state index contributed by atoms with van der Waals surface area (Å²) in [5.74, 6) is 2.17. The Bertz CT molecular complexity index is 434. The molecule has 1 N–H and O–H groups in total. The van der Waals surface area contributed by atoms with Gasteiger partial charge in [0.1, 0.15) is 0 Å². The molecule has 1 rings (SSSR count). The number of alkyl halides is 3. The second-order valence-electron chi connectivity index (χ2n) is 5.35. The molecule has 0 aliphatic carbocycles. The summed E-state index contributed by atoms with van der Waals surface area (Å²) in [6.45, 7) is 8.39. The fraction of sp³-hybridized carbons (Fsp3) is 0.647. The van der Waals surface area contributed by atoms with Crippen LogP contribution < -0.4 is 5.32 Å². The van der Waals surface area contributed by atoms with Crippen molar-refractivity contribution in [1.82, 2.24) is 4.90 Å². The lowest BCUT2D eigenvalue weighted by molar-refractivity contribution is -0.137. The van der Waals surface area contributed by atoms with E-state index < -0.39 is 11.7 Å². The molecular weight excluding hydrogens is 321 g/mol. The molecule has 0 radical (unpaired) electrons. The second kappa shape index (κ2) is 10.8. The number of nitrogens with zero attached hydrogens (tertiary/aromatic N) is 1. The number of rotatable bonds is 11. The average molecular weight is 348 g/mol. The molecule has 0 atom stereocenters. The Balaban J connectivity index is 2.12. The van der Waals surface area contributed by atoms with Crippen LogP contribution in [0.5, 0.6) is 0 Å². The Labute approximate surface area is 141 Å². The molecule has 0 saturated carbocycles. The second-order valence-corrected chi connectivity index (χ2v) is 6.58. The lowest BCUT2D eigenvalue weighted by Gasteiger charge is -2.17. The number of halogens is 3. The van der Waals surface area contributed by atoms with Gasteiger partial charge in [0.05, 0.1) is 5.56 Å². The van der Waals surface area contributed by atoms with Gasteiger partial charge in [0.2, 0.25) is 0 Å². The van der Waals surface area contributed by atoms with Gasteiger partial charge in [-0.25, -0.2) is 0 Å². The molecular formula is C17H27F3N2S. The van der Waals surface area contributed by atoms with Gasteiger partial charge in [-0.2, -0.15) is 24.9 Å². The fourth-order valence-electron chi connectivity index (χ4n) is 2.24. The van der Waals surface area contributed by atoms with Gasteiger partial charge in [0, 0.05) is 12.2 Å². The van der Waals surface area contributed by atoms with E-state index in [-0.39, 0.29) is 0 Å². The monoisotopic (exact) mass is 348 g/mol. The molecule has 0 spiro atoms. The first kappa shape index (κ1) is 20.2. The van der Waals surface area contributed by atoms with Crippen molar-refractivity contribution >= 4 is 17.4 Å². The standard InChI is InChI=1S/C17H27F3N2S/c1-3-22(4-2)11-7-13-23-12-6-10-21-16-9-5-8-15(14-16)17(18,19)20/h5,8-9,14,21H,3-4,6-7,10-13H2,1-2H3. The summed E-state index contributed by atoms with van der Waals surface area (Å²) in [6, 6.07) is 5.37. The van der Waals surface area contributed by atoms with Gasteiger partial charge in [-0.3, -0.25) is 0 Å². The molecule has 0 bridgehead atoms. The van der Waals surface area contributed by atoms with Crippen LogP contribution in [0.1, 0.15) is 32.3 Å². The highest BCUT2D eigenvalue weighted by Gasteiger charge is 2.30. The molecule has 132 valence electrons. The van der Waals surface area contributed by atoms with Crippen molar-refractivity contribution in [3.05, 3.63) is 29.8 Å². The normalized spacial score (nSPS) is 11.9. The Kier molecular flexibility index (Phi) is 9.48. The molecule has 0 aromatic heterocycles. The van der Waals surface area contributed by atoms with E-state index in [1.54, 1.807) is 6.07 Å². The van der Waals surface area contributed by atoms with Crippen LogP contribution >= 0.6 is 11.8 Å². The molecule has 0 saturated heterocycles. The van der Waals surface area contributed by atoms with Crippen molar-refractivity contribution in [2.24, 2.45) is 0 Å². The zero-order chi connectivity index (χ0) is 17.1. The van der Waals surface area contributed by atoms with Crippen LogP contribution in [0.3, 0.4) is 0 Å². The molecule has 2 nitrogen and oxygen atoms in total. The van der Waals surface area contributed by atoms with E-state index in [1.807, 2.05) is 11.8 Å². The highest BCUT2D eigenvalue weighted by molar-refractivity contribution is 7.99. The van der Waals surface area contributed by atoms with Crippen molar-refractivity contribution in [1.29, 1.82) is 0 Å². The van der Waals surface area contributed by atoms with E-state index in [0.29, 0.717) is 12.2 Å². The number of nitrogens with one attached hydrogen (secondary N) is 1. The average Bonchev–Trinajstić information content (AvgIpc) is 2.53. The first-order valence-corrected chi connectivity index (χ1v) is 9.34. The molecule has 0 fully saturated rings. The zero-order valence-electron chi connectivity index (χ0n) is 14.0. The summed E-state index contributed by atoms with van der Waals surface area (Å²) < 4.78 is 37.8. The minimum atomic E-state index is -4.28. The zero-order valence-corrected chi connectivity index (χ0v) is 14.8. The van der Waals surface area contributed by atoms with Crippen LogP contribution in [0.2, 0.25) is 0 Å². The van der Waals surface area contributed by atoms with Crippen LogP contribution in [-0.4, -0.2) is 42.6 Å². The highest BCUT2D eigenvalue weighted by atomic mass is 32.2. The topological polar surface area (TPSA) is 15.3 Å². The van der Waals surface area contributed by atoms with Gasteiger partial charge in [0.15, 0.2) is 0 Å². The van der Waals surface area contributed by atoms with Crippen molar-refractivity contribution in [2.75, 3.05) is 43.0 Å². The van der Waals surface area contributed by atoms with Crippen LogP contribution in [-0.2, 0) is 6.18 Å². The van der Waals surface area contributed by atoms with Crippen molar-refractivity contribution in [2.45, 2.75) is 32.9 Å². The molecule has 0 aliphatic heterocycles. The summed E-state index contributed by atoms with van der Waals surface area (Å²) in [4.78, 5) is 2.41. The third-order valence-electron chi connectivity index (χ3n) is 3.64. The summed E-state index contributed by atoms with van der Waals surface area (Å²) in [5.41, 5.74) is -0.0698. The molecule has 0 amide bonds. The SMILES string of the molecule is CCN(CC)CCCSCCCNc1cccc(C(F)(F)F)c1. The minimum absolute atomic E-state index is 0.534. The predicted octanol–water partition coefficient (Wildman–Crippen LogP) is 4.97. The van der Waals surface area contributed by atoms with Gasteiger partial charge in [-0.05, 0) is 62.2 Å². The summed E-state index contributed by atoms with van der Waals surface area (Å²) in [6.07, 6.45) is -2.14. The van der Waals surface area contributed by atoms with E-state index in [9.17, 15) is 13.2 Å². The highest BCUT2D eigenvalue weighted by Crippen LogP contribution is 2.30. The summed E-state index contributed by atoms with van der Waals surface area (Å²) >= 11 is 1.91. The predicted molar refractivity (Wildman–Crippen MR) is 94.3 cm³/mol. The van der Waals surface area contributed by atoms with E-state index in [1.165, 1.54) is 12.5 Å². The quantitative estimate of drug-likeness (QED) is 0.568. The van der Waals surface area contributed by atoms with Gasteiger partial charge < -0.3 is 10.2 Å². The maximum atomic E-state index is 12.6. The lowest BCUT2D eigenvalue weighted by atomic mass is 10.2. The van der Waals surface area contributed by atoms with E-state index in [2.05, 4.69) is 24.1 Å². The van der Waals surface area contributed by atoms with E-state index in [4.69, 9.17) is 0 Å². The molecule has 0 aliphatic rings. The maximum Gasteiger partial charge on any atom is 0.416 e. The summed E-state index contributed by atoms with van der Waals surface area (Å²) in [5, 5.41) is 3.06. The molecule has 0 heterocycles. The van der Waals surface area contributed by atoms with Crippen molar-refractivity contribution < 1.29 is 13.2 Å². The van der Waals surface area contributed by atoms with Gasteiger partial charge in [-0.15, -0.1) is 0 Å². The molecule has 1 aromatic rings. The minimum Gasteiger partial charge on any atom is -0.385 e. The molecule has 23 heavy (non-hydrogen) atoms. The van der Waals surface area contributed by atoms with Gasteiger partial charge in [0.25, 0.3) is 0 Å². The Hall–Kier alpha value is -0.880. The van der Waals surface area contributed by atoms with Crippen molar-refractivity contribution in [3.63, 3.8) is 0 Å². The number of thioether (sulfide) groups is 1. The number of hydrogen-bond donors (Lipinski definition) is 1. The van der Waals surface area contributed by atoms with E-state index in [0.717, 1.165) is 49.7 Å². The lowest BCUT2D eigenvalue weighted by Crippen LogP contribution is -2.24. The van der Waals surface area contributed by atoms with Crippen LogP contribution in [0, 0.1) is 0 Å². The first-order valence-electron chi connectivity index (χ1n) is 8.18. The van der Waals surface area contributed by atoms with E-state index >= 15 is 0 Å². The number of anilines is 1. The fourth-order valence-corrected chi connectivity index (χ4v) is 3.13.